The zero-order valence-corrected chi connectivity index (χ0v) is 19.3. The zero-order chi connectivity index (χ0) is 20.7. The van der Waals surface area contributed by atoms with Crippen molar-refractivity contribution >= 4 is 13.8 Å². The maximum atomic E-state index is 12.2. The molecule has 0 aromatic carbocycles. The van der Waals surface area contributed by atoms with Gasteiger partial charge in [-0.25, -0.2) is 0 Å². The molecule has 0 aromatic rings. The van der Waals surface area contributed by atoms with Crippen molar-refractivity contribution in [1.82, 2.24) is 0 Å². The Morgan fingerprint density at radius 2 is 1.07 bits per heavy atom. The molecular weight excluding hydrogens is 343 g/mol. The van der Waals surface area contributed by atoms with Crippen molar-refractivity contribution in [2.45, 2.75) is 155 Å². The van der Waals surface area contributed by atoms with Crippen LogP contribution in [0.2, 0.25) is 6.32 Å². The summed E-state index contributed by atoms with van der Waals surface area (Å²) < 4.78 is 5.87. The van der Waals surface area contributed by atoms with Crippen LogP contribution in [0, 0.1) is 0 Å². The lowest BCUT2D eigenvalue weighted by Gasteiger charge is -2.18. The predicted octanol–water partition coefficient (Wildman–Crippen LogP) is 8.33. The van der Waals surface area contributed by atoms with Gasteiger partial charge in [-0.1, -0.05) is 110 Å². The Morgan fingerprint density at radius 3 is 1.57 bits per heavy atom. The van der Waals surface area contributed by atoms with Gasteiger partial charge in [0.2, 0.25) is 0 Å². The summed E-state index contributed by atoms with van der Waals surface area (Å²) in [5.41, 5.74) is 0. The summed E-state index contributed by atoms with van der Waals surface area (Å²) >= 11 is 0. The third-order valence-electron chi connectivity index (χ3n) is 5.64. The summed E-state index contributed by atoms with van der Waals surface area (Å²) in [6, 6.07) is 0. The number of ether oxygens (including phenoxy) is 1. The van der Waals surface area contributed by atoms with E-state index in [2.05, 4.69) is 13.8 Å². The Kier molecular flexibility index (Phi) is 22.4. The van der Waals surface area contributed by atoms with Gasteiger partial charge in [0.05, 0.1) is 7.85 Å². The zero-order valence-electron chi connectivity index (χ0n) is 19.3. The molecule has 3 heteroatoms. The Balaban J connectivity index is 3.99. The highest BCUT2D eigenvalue weighted by atomic mass is 16.5. The molecule has 0 atom stereocenters. The van der Waals surface area contributed by atoms with E-state index in [-0.39, 0.29) is 12.1 Å². The normalized spacial score (nSPS) is 11.2. The van der Waals surface area contributed by atoms with Crippen LogP contribution < -0.4 is 0 Å². The molecule has 2 radical (unpaired) electrons. The van der Waals surface area contributed by atoms with Crippen molar-refractivity contribution in [2.24, 2.45) is 0 Å². The van der Waals surface area contributed by atoms with E-state index in [9.17, 15) is 4.79 Å². The van der Waals surface area contributed by atoms with Gasteiger partial charge in [-0.3, -0.25) is 4.79 Å². The van der Waals surface area contributed by atoms with Crippen molar-refractivity contribution < 1.29 is 9.53 Å². The minimum atomic E-state index is 0.0285. The first-order valence-corrected chi connectivity index (χ1v) is 12.6. The van der Waals surface area contributed by atoms with Gasteiger partial charge in [-0.05, 0) is 32.1 Å². The molecule has 0 amide bonds. The molecule has 0 aliphatic carbocycles. The summed E-state index contributed by atoms with van der Waals surface area (Å²) in [5, 5.41) is 0. The number of hydrogen-bond acceptors (Lipinski definition) is 2. The summed E-state index contributed by atoms with van der Waals surface area (Å²) in [4.78, 5) is 12.2. The topological polar surface area (TPSA) is 26.3 Å². The number of esters is 1. The van der Waals surface area contributed by atoms with E-state index in [1.165, 1.54) is 89.9 Å². The van der Waals surface area contributed by atoms with Gasteiger partial charge in [-0.2, -0.15) is 0 Å². The summed E-state index contributed by atoms with van der Waals surface area (Å²) in [6.07, 6.45) is 24.8. The van der Waals surface area contributed by atoms with E-state index >= 15 is 0 Å². The van der Waals surface area contributed by atoms with Gasteiger partial charge in [0, 0.05) is 6.42 Å². The molecule has 0 bridgehead atoms. The predicted molar refractivity (Wildman–Crippen MR) is 124 cm³/mol. The lowest BCUT2D eigenvalue weighted by atomic mass is 9.98. The third kappa shape index (κ3) is 20.3. The number of hydrogen-bond donors (Lipinski definition) is 0. The third-order valence-corrected chi connectivity index (χ3v) is 5.64. The molecule has 0 N–H and O–H groups in total. The van der Waals surface area contributed by atoms with Crippen LogP contribution in [0.25, 0.3) is 0 Å². The van der Waals surface area contributed by atoms with E-state index in [0.717, 1.165) is 38.4 Å². The largest absolute Gasteiger partial charge is 0.462 e. The Morgan fingerprint density at radius 1 is 0.643 bits per heavy atom. The van der Waals surface area contributed by atoms with Gasteiger partial charge in [0.25, 0.3) is 0 Å². The van der Waals surface area contributed by atoms with Crippen LogP contribution in [-0.2, 0) is 9.53 Å². The second-order valence-electron chi connectivity index (χ2n) is 8.53. The molecule has 28 heavy (non-hydrogen) atoms. The van der Waals surface area contributed by atoms with Gasteiger partial charge in [0.15, 0.2) is 0 Å². The fourth-order valence-electron chi connectivity index (χ4n) is 3.76. The molecule has 0 rings (SSSR count). The van der Waals surface area contributed by atoms with Gasteiger partial charge in [-0.15, -0.1) is 0 Å². The van der Waals surface area contributed by atoms with E-state index in [4.69, 9.17) is 12.6 Å². The van der Waals surface area contributed by atoms with Gasteiger partial charge < -0.3 is 4.74 Å². The highest BCUT2D eigenvalue weighted by Gasteiger charge is 2.14. The maximum Gasteiger partial charge on any atom is 0.306 e. The molecule has 0 aliphatic rings. The van der Waals surface area contributed by atoms with E-state index in [0.29, 0.717) is 6.42 Å². The summed E-state index contributed by atoms with van der Waals surface area (Å²) in [7, 11) is 5.52. The molecule has 0 saturated carbocycles. The van der Waals surface area contributed by atoms with Crippen LogP contribution in [0.4, 0.5) is 0 Å². The van der Waals surface area contributed by atoms with Crippen LogP contribution in [0.5, 0.6) is 0 Å². The average molecular weight is 392 g/mol. The first-order chi connectivity index (χ1) is 13.7. The monoisotopic (exact) mass is 392 g/mol. The van der Waals surface area contributed by atoms with Gasteiger partial charge >= 0.3 is 5.97 Å². The van der Waals surface area contributed by atoms with E-state index in [1.54, 1.807) is 0 Å². The molecule has 0 unspecified atom stereocenters. The highest BCUT2D eigenvalue weighted by molar-refractivity contribution is 6.08. The minimum Gasteiger partial charge on any atom is -0.462 e. The molecule has 0 aromatic heterocycles. The molecule has 0 aliphatic heterocycles. The van der Waals surface area contributed by atoms with Crippen molar-refractivity contribution in [3.63, 3.8) is 0 Å². The summed E-state index contributed by atoms with van der Waals surface area (Å²) in [6.45, 7) is 4.52. The van der Waals surface area contributed by atoms with E-state index in [1.807, 2.05) is 0 Å². The highest BCUT2D eigenvalue weighted by Crippen LogP contribution is 2.18. The van der Waals surface area contributed by atoms with Crippen molar-refractivity contribution in [1.29, 1.82) is 0 Å². The fourth-order valence-corrected chi connectivity index (χ4v) is 3.76. The van der Waals surface area contributed by atoms with E-state index < -0.39 is 0 Å². The Hall–Kier alpha value is -0.465. The second-order valence-corrected chi connectivity index (χ2v) is 8.53. The number of rotatable bonds is 22. The molecule has 0 spiro atoms. The van der Waals surface area contributed by atoms with Crippen LogP contribution in [-0.4, -0.2) is 19.9 Å². The quantitative estimate of drug-likeness (QED) is 0.105. The van der Waals surface area contributed by atoms with Crippen LogP contribution >= 0.6 is 0 Å². The van der Waals surface area contributed by atoms with Crippen LogP contribution in [0.1, 0.15) is 142 Å². The van der Waals surface area contributed by atoms with Crippen molar-refractivity contribution in [3.8, 4) is 0 Å². The lowest BCUT2D eigenvalue weighted by molar-refractivity contribution is -0.150. The SMILES string of the molecule is [B]CCCCCCCC(=O)OC(CCCCCCCC)CCCCCCCC. The molecule has 0 heterocycles. The molecular formula is C25H49BO2. The van der Waals surface area contributed by atoms with Crippen LogP contribution in [0.3, 0.4) is 0 Å². The lowest BCUT2D eigenvalue weighted by Crippen LogP contribution is -2.18. The average Bonchev–Trinajstić information content (AvgIpc) is 2.69. The van der Waals surface area contributed by atoms with Gasteiger partial charge in [0.1, 0.15) is 6.10 Å². The molecule has 2 nitrogen and oxygen atoms in total. The summed E-state index contributed by atoms with van der Waals surface area (Å²) in [5.74, 6) is 0.0285. The minimum absolute atomic E-state index is 0.0285. The second kappa shape index (κ2) is 22.8. The van der Waals surface area contributed by atoms with Crippen molar-refractivity contribution in [2.75, 3.05) is 0 Å². The van der Waals surface area contributed by atoms with Crippen LogP contribution in [0.15, 0.2) is 0 Å². The molecule has 164 valence electrons. The first kappa shape index (κ1) is 27.5. The fraction of sp³-hybridized carbons (Fsp3) is 0.960. The maximum absolute atomic E-state index is 12.2. The standard InChI is InChI=1S/C25H49BO2/c1-3-5-7-9-12-16-20-24(21-17-13-10-8-6-4-2)28-25(27)22-18-14-11-15-19-23-26/h24H,3-23H2,1-2H3. The number of carbonyl (C=O) groups is 1. The molecule has 0 fully saturated rings. The number of unbranched alkanes of at least 4 members (excludes halogenated alkanes) is 14. The smallest absolute Gasteiger partial charge is 0.306 e. The Bertz CT molecular complexity index is 304. The number of carbonyl (C=O) groups excluding carboxylic acids is 1. The first-order valence-electron chi connectivity index (χ1n) is 12.6. The Labute approximate surface area is 178 Å². The molecule has 0 saturated heterocycles. The van der Waals surface area contributed by atoms with Crippen molar-refractivity contribution in [3.05, 3.63) is 0 Å².